The van der Waals surface area contributed by atoms with E-state index in [9.17, 15) is 9.59 Å². The molecule has 6 heteroatoms. The summed E-state index contributed by atoms with van der Waals surface area (Å²) in [6.07, 6.45) is 1.74. The van der Waals surface area contributed by atoms with Gasteiger partial charge in [-0.15, -0.1) is 0 Å². The molecule has 0 atom stereocenters. The summed E-state index contributed by atoms with van der Waals surface area (Å²) in [6, 6.07) is 7.14. The molecular weight excluding hydrogens is 316 g/mol. The second kappa shape index (κ2) is 7.04. The predicted molar refractivity (Wildman–Crippen MR) is 102 cm³/mol. The highest BCUT2D eigenvalue weighted by Gasteiger charge is 2.38. The maximum absolute atomic E-state index is 12.4. The van der Waals surface area contributed by atoms with E-state index in [1.807, 2.05) is 18.2 Å². The summed E-state index contributed by atoms with van der Waals surface area (Å²) >= 11 is 0. The third-order valence-electron chi connectivity index (χ3n) is 4.49. The Morgan fingerprint density at radius 2 is 1.76 bits per heavy atom. The van der Waals surface area contributed by atoms with Gasteiger partial charge in [0.25, 0.3) is 0 Å². The predicted octanol–water partition coefficient (Wildman–Crippen LogP) is 3.10. The third kappa shape index (κ3) is 5.46. The van der Waals surface area contributed by atoms with Crippen molar-refractivity contribution in [2.45, 2.75) is 64.6 Å². The molecule has 0 unspecified atom stereocenters. The van der Waals surface area contributed by atoms with Crippen LogP contribution in [-0.2, 0) is 4.79 Å². The first-order valence-electron chi connectivity index (χ1n) is 8.69. The number of urea groups is 1. The van der Waals surface area contributed by atoms with Crippen LogP contribution >= 0.6 is 0 Å². The molecule has 0 aliphatic carbocycles. The van der Waals surface area contributed by atoms with Crippen LogP contribution in [-0.4, -0.2) is 36.1 Å². The van der Waals surface area contributed by atoms with Crippen molar-refractivity contribution < 1.29 is 9.59 Å². The smallest absolute Gasteiger partial charge is 0.319 e. The van der Waals surface area contributed by atoms with E-state index in [4.69, 9.17) is 0 Å². The Bertz CT molecular complexity index is 639. The Hall–Kier alpha value is -2.08. The van der Waals surface area contributed by atoms with Gasteiger partial charge in [0, 0.05) is 42.5 Å². The number of carbonyl (C=O) groups excluding carboxylic acids is 2. The van der Waals surface area contributed by atoms with Crippen molar-refractivity contribution in [1.82, 2.24) is 10.6 Å². The minimum atomic E-state index is -0.221. The zero-order valence-corrected chi connectivity index (χ0v) is 16.1. The molecule has 0 bridgehead atoms. The zero-order valence-electron chi connectivity index (χ0n) is 16.1. The third-order valence-corrected chi connectivity index (χ3v) is 4.49. The molecule has 3 N–H and O–H groups in total. The molecule has 0 radical (unpaired) electrons. The molecule has 0 saturated carbocycles. The van der Waals surface area contributed by atoms with Gasteiger partial charge in [0.15, 0.2) is 0 Å². The van der Waals surface area contributed by atoms with E-state index in [0.717, 1.165) is 18.5 Å². The Balaban J connectivity index is 2.01. The van der Waals surface area contributed by atoms with Crippen LogP contribution in [0.25, 0.3) is 0 Å². The second-order valence-corrected chi connectivity index (χ2v) is 8.22. The van der Waals surface area contributed by atoms with Crippen molar-refractivity contribution >= 4 is 23.3 Å². The average Bonchev–Trinajstić information content (AvgIpc) is 2.42. The normalized spacial score (nSPS) is 19.1. The Labute approximate surface area is 150 Å². The van der Waals surface area contributed by atoms with E-state index >= 15 is 0 Å². The van der Waals surface area contributed by atoms with Crippen LogP contribution in [0.4, 0.5) is 16.2 Å². The number of rotatable bonds is 3. The summed E-state index contributed by atoms with van der Waals surface area (Å²) < 4.78 is 0. The molecular formula is C19H30N4O2. The van der Waals surface area contributed by atoms with Crippen molar-refractivity contribution in [3.63, 3.8) is 0 Å². The van der Waals surface area contributed by atoms with Crippen LogP contribution in [0.15, 0.2) is 24.3 Å². The number of nitrogens with one attached hydrogen (secondary N) is 3. The number of carbonyl (C=O) groups is 2. The van der Waals surface area contributed by atoms with Crippen LogP contribution in [0.5, 0.6) is 0 Å². The van der Waals surface area contributed by atoms with Gasteiger partial charge in [-0.05, 0) is 58.7 Å². The second-order valence-electron chi connectivity index (χ2n) is 8.22. The van der Waals surface area contributed by atoms with Gasteiger partial charge < -0.3 is 20.9 Å². The highest BCUT2D eigenvalue weighted by Crippen LogP contribution is 2.28. The van der Waals surface area contributed by atoms with Crippen molar-refractivity contribution in [3.8, 4) is 0 Å². The number of anilines is 2. The summed E-state index contributed by atoms with van der Waals surface area (Å²) in [5, 5.41) is 9.56. The average molecular weight is 346 g/mol. The fourth-order valence-electron chi connectivity index (χ4n) is 3.75. The van der Waals surface area contributed by atoms with Gasteiger partial charge in [-0.2, -0.15) is 0 Å². The summed E-state index contributed by atoms with van der Waals surface area (Å²) in [7, 11) is 1.71. The molecule has 1 aromatic carbocycles. The standard InChI is InChI=1S/C19H30N4O2/c1-13(24)23(6)16-9-7-8-14(10-16)20-17(25)21-15-11-18(2,3)22-19(4,5)12-15/h7-10,15,22H,11-12H2,1-6H3,(H2,20,21,25). The first-order chi connectivity index (χ1) is 11.5. The first kappa shape index (κ1) is 19.2. The Morgan fingerprint density at radius 3 is 2.32 bits per heavy atom. The topological polar surface area (TPSA) is 73.5 Å². The van der Waals surface area contributed by atoms with Crippen molar-refractivity contribution in [2.24, 2.45) is 0 Å². The van der Waals surface area contributed by atoms with Gasteiger partial charge in [-0.25, -0.2) is 4.79 Å². The molecule has 1 heterocycles. The highest BCUT2D eigenvalue weighted by atomic mass is 16.2. The van der Waals surface area contributed by atoms with Crippen LogP contribution in [0.3, 0.4) is 0 Å². The van der Waals surface area contributed by atoms with Gasteiger partial charge in [0.1, 0.15) is 0 Å². The maximum atomic E-state index is 12.4. The fraction of sp³-hybridized carbons (Fsp3) is 0.579. The van der Waals surface area contributed by atoms with Gasteiger partial charge in [0.05, 0.1) is 0 Å². The molecule has 25 heavy (non-hydrogen) atoms. The lowest BCUT2D eigenvalue weighted by molar-refractivity contribution is -0.116. The van der Waals surface area contributed by atoms with E-state index in [2.05, 4.69) is 43.6 Å². The molecule has 1 aliphatic heterocycles. The molecule has 0 aromatic heterocycles. The van der Waals surface area contributed by atoms with E-state index in [0.29, 0.717) is 5.69 Å². The van der Waals surface area contributed by atoms with E-state index in [-0.39, 0.29) is 29.1 Å². The number of hydrogen-bond donors (Lipinski definition) is 3. The minimum Gasteiger partial charge on any atom is -0.335 e. The molecule has 2 rings (SSSR count). The summed E-state index contributed by atoms with van der Waals surface area (Å²) in [4.78, 5) is 25.4. The SMILES string of the molecule is CC(=O)N(C)c1cccc(NC(=O)NC2CC(C)(C)NC(C)(C)C2)c1. The van der Waals surface area contributed by atoms with E-state index < -0.39 is 0 Å². The number of nitrogens with zero attached hydrogens (tertiary/aromatic N) is 1. The molecule has 138 valence electrons. The molecule has 1 aromatic rings. The quantitative estimate of drug-likeness (QED) is 0.787. The molecule has 0 spiro atoms. The fourth-order valence-corrected chi connectivity index (χ4v) is 3.75. The Morgan fingerprint density at radius 1 is 1.16 bits per heavy atom. The molecule has 1 aliphatic rings. The van der Waals surface area contributed by atoms with Crippen molar-refractivity contribution in [3.05, 3.63) is 24.3 Å². The largest absolute Gasteiger partial charge is 0.335 e. The summed E-state index contributed by atoms with van der Waals surface area (Å²) in [6.45, 7) is 10.1. The highest BCUT2D eigenvalue weighted by molar-refractivity contribution is 5.93. The number of benzene rings is 1. The van der Waals surface area contributed by atoms with Crippen LogP contribution in [0.2, 0.25) is 0 Å². The number of hydrogen-bond acceptors (Lipinski definition) is 3. The monoisotopic (exact) mass is 346 g/mol. The van der Waals surface area contributed by atoms with E-state index in [1.54, 1.807) is 18.0 Å². The molecule has 1 saturated heterocycles. The molecule has 1 fully saturated rings. The Kier molecular flexibility index (Phi) is 5.42. The van der Waals surface area contributed by atoms with Crippen molar-refractivity contribution in [1.29, 1.82) is 0 Å². The maximum Gasteiger partial charge on any atom is 0.319 e. The van der Waals surface area contributed by atoms with Gasteiger partial charge in [-0.1, -0.05) is 6.07 Å². The van der Waals surface area contributed by atoms with Gasteiger partial charge in [0.2, 0.25) is 5.91 Å². The van der Waals surface area contributed by atoms with Gasteiger partial charge >= 0.3 is 6.03 Å². The lowest BCUT2D eigenvalue weighted by Gasteiger charge is -2.46. The number of amides is 3. The lowest BCUT2D eigenvalue weighted by Crippen LogP contribution is -2.62. The number of piperidine rings is 1. The van der Waals surface area contributed by atoms with Crippen LogP contribution < -0.4 is 20.9 Å². The summed E-state index contributed by atoms with van der Waals surface area (Å²) in [5.41, 5.74) is 1.36. The van der Waals surface area contributed by atoms with Crippen LogP contribution in [0, 0.1) is 0 Å². The zero-order chi connectivity index (χ0) is 18.8. The van der Waals surface area contributed by atoms with Crippen molar-refractivity contribution in [2.75, 3.05) is 17.3 Å². The minimum absolute atomic E-state index is 0.0240. The van der Waals surface area contributed by atoms with E-state index in [1.165, 1.54) is 6.92 Å². The summed E-state index contributed by atoms with van der Waals surface area (Å²) in [5.74, 6) is -0.0548. The van der Waals surface area contributed by atoms with Gasteiger partial charge in [-0.3, -0.25) is 4.79 Å². The van der Waals surface area contributed by atoms with Crippen LogP contribution in [0.1, 0.15) is 47.5 Å². The lowest BCUT2D eigenvalue weighted by atomic mass is 9.80. The molecule has 6 nitrogen and oxygen atoms in total. The molecule has 3 amide bonds. The first-order valence-corrected chi connectivity index (χ1v) is 8.69.